The summed E-state index contributed by atoms with van der Waals surface area (Å²) in [6.45, 7) is 5.20. The number of fused-ring (bicyclic) bond motifs is 1. The number of ether oxygens (including phenoxy) is 3. The van der Waals surface area contributed by atoms with Gasteiger partial charge in [-0.25, -0.2) is 0 Å². The van der Waals surface area contributed by atoms with Crippen molar-refractivity contribution in [2.45, 2.75) is 51.4 Å². The van der Waals surface area contributed by atoms with Gasteiger partial charge in [-0.05, 0) is 93.7 Å². The number of aromatic nitrogens is 1. The number of nitrogens with zero attached hydrogens (tertiary/aromatic N) is 2. The van der Waals surface area contributed by atoms with Crippen LogP contribution in [-0.2, 0) is 9.53 Å². The lowest BCUT2D eigenvalue weighted by atomic mass is 9.77. The van der Waals surface area contributed by atoms with E-state index < -0.39 is 11.4 Å². The first kappa shape index (κ1) is 23.4. The van der Waals surface area contributed by atoms with Crippen molar-refractivity contribution in [3.8, 4) is 11.6 Å². The van der Waals surface area contributed by atoms with E-state index in [1.54, 1.807) is 0 Å². The molecule has 8 heteroatoms. The normalized spacial score (nSPS) is 21.9. The van der Waals surface area contributed by atoms with Gasteiger partial charge in [-0.15, -0.1) is 0 Å². The number of hydrogen-bond acceptors (Lipinski definition) is 7. The van der Waals surface area contributed by atoms with Crippen molar-refractivity contribution >= 4 is 16.9 Å². The Hall–Kier alpha value is -2.32. The van der Waals surface area contributed by atoms with Gasteiger partial charge in [0.05, 0.1) is 18.6 Å². The number of carboxylic acids is 1. The van der Waals surface area contributed by atoms with Gasteiger partial charge >= 0.3 is 5.97 Å². The van der Waals surface area contributed by atoms with Gasteiger partial charge in [-0.1, -0.05) is 12.5 Å². The van der Waals surface area contributed by atoms with Gasteiger partial charge in [0, 0.05) is 13.2 Å². The van der Waals surface area contributed by atoms with Gasteiger partial charge in [-0.2, -0.15) is 0 Å². The minimum Gasteiger partial charge on any atom is -0.492 e. The van der Waals surface area contributed by atoms with Crippen molar-refractivity contribution in [3.63, 3.8) is 0 Å². The Morgan fingerprint density at radius 3 is 2.53 bits per heavy atom. The van der Waals surface area contributed by atoms with Gasteiger partial charge in [0.15, 0.2) is 5.58 Å². The van der Waals surface area contributed by atoms with Gasteiger partial charge in [0.1, 0.15) is 11.1 Å². The first-order chi connectivity index (χ1) is 16.6. The monoisotopic (exact) mass is 472 g/mol. The molecular weight excluding hydrogens is 436 g/mol. The van der Waals surface area contributed by atoms with Gasteiger partial charge < -0.3 is 28.7 Å². The zero-order valence-electron chi connectivity index (χ0n) is 19.9. The van der Waals surface area contributed by atoms with Crippen LogP contribution in [0.2, 0.25) is 0 Å². The van der Waals surface area contributed by atoms with Crippen molar-refractivity contribution in [1.82, 2.24) is 10.1 Å². The highest BCUT2D eigenvalue weighted by Gasteiger charge is 2.40. The van der Waals surface area contributed by atoms with E-state index in [1.165, 1.54) is 19.3 Å². The molecule has 1 N–H and O–H groups in total. The largest absolute Gasteiger partial charge is 0.492 e. The number of rotatable bonds is 10. The molecule has 1 saturated carbocycles. The van der Waals surface area contributed by atoms with Crippen LogP contribution >= 0.6 is 0 Å². The molecule has 2 saturated heterocycles. The molecule has 1 aromatic carbocycles. The van der Waals surface area contributed by atoms with Crippen LogP contribution in [-0.4, -0.2) is 67.2 Å². The van der Waals surface area contributed by atoms with Crippen molar-refractivity contribution in [1.29, 1.82) is 0 Å². The topological polar surface area (TPSA) is 94.3 Å². The van der Waals surface area contributed by atoms with Gasteiger partial charge in [0.2, 0.25) is 0 Å². The fraction of sp³-hybridized carbons (Fsp3) is 0.692. The summed E-state index contributed by atoms with van der Waals surface area (Å²) in [5, 5.41) is 14.8. The summed E-state index contributed by atoms with van der Waals surface area (Å²) < 4.78 is 23.1. The smallest absolute Gasteiger partial charge is 0.309 e. The SMILES string of the molecule is O=C(O)C1(CCN2CCC(COc3noc4cccc(OCC5CCC5)c34)CC2)CCOCC1. The molecule has 186 valence electrons. The molecule has 0 amide bonds. The molecule has 34 heavy (non-hydrogen) atoms. The fourth-order valence-electron chi connectivity index (χ4n) is 5.30. The molecule has 5 rings (SSSR count). The zero-order chi connectivity index (χ0) is 23.4. The van der Waals surface area contributed by atoms with Crippen LogP contribution in [0.15, 0.2) is 22.7 Å². The van der Waals surface area contributed by atoms with Crippen molar-refractivity contribution in [2.75, 3.05) is 46.1 Å². The summed E-state index contributed by atoms with van der Waals surface area (Å²) in [4.78, 5) is 14.3. The van der Waals surface area contributed by atoms with Crippen LogP contribution in [0, 0.1) is 17.3 Å². The van der Waals surface area contributed by atoms with Crippen LogP contribution < -0.4 is 9.47 Å². The summed E-state index contributed by atoms with van der Waals surface area (Å²) in [7, 11) is 0. The number of hydrogen-bond donors (Lipinski definition) is 1. The molecule has 2 aromatic rings. The molecule has 0 bridgehead atoms. The second kappa shape index (κ2) is 10.5. The molecule has 0 atom stereocenters. The highest BCUT2D eigenvalue weighted by atomic mass is 16.5. The molecular formula is C26H36N2O6. The van der Waals surface area contributed by atoms with E-state index >= 15 is 0 Å². The number of carbonyl (C=O) groups is 1. The second-order valence-electron chi connectivity index (χ2n) is 10.3. The lowest BCUT2D eigenvalue weighted by Gasteiger charge is -2.37. The number of benzene rings is 1. The van der Waals surface area contributed by atoms with Crippen molar-refractivity contribution in [3.05, 3.63) is 18.2 Å². The van der Waals surface area contributed by atoms with Gasteiger partial charge in [0.25, 0.3) is 5.88 Å². The van der Waals surface area contributed by atoms with Crippen LogP contribution in [0.4, 0.5) is 0 Å². The first-order valence-electron chi connectivity index (χ1n) is 12.8. The lowest BCUT2D eigenvalue weighted by Crippen LogP contribution is -2.42. The Labute approximate surface area is 200 Å². The van der Waals surface area contributed by atoms with Crippen LogP contribution in [0.1, 0.15) is 51.4 Å². The Morgan fingerprint density at radius 1 is 1.09 bits per heavy atom. The molecule has 3 heterocycles. The molecule has 3 aliphatic rings. The molecule has 8 nitrogen and oxygen atoms in total. The summed E-state index contributed by atoms with van der Waals surface area (Å²) in [6.07, 6.45) is 7.78. The first-order valence-corrected chi connectivity index (χ1v) is 12.8. The predicted molar refractivity (Wildman–Crippen MR) is 126 cm³/mol. The molecule has 1 aromatic heterocycles. The lowest BCUT2D eigenvalue weighted by molar-refractivity contribution is -0.156. The minimum absolute atomic E-state index is 0.447. The Balaban J connectivity index is 1.11. The van der Waals surface area contributed by atoms with E-state index in [0.717, 1.165) is 50.2 Å². The third-order valence-electron chi connectivity index (χ3n) is 8.10. The molecule has 1 aliphatic carbocycles. The number of piperidine rings is 1. The van der Waals surface area contributed by atoms with Gasteiger partial charge in [-0.3, -0.25) is 4.79 Å². The molecule has 2 aliphatic heterocycles. The van der Waals surface area contributed by atoms with Crippen molar-refractivity contribution in [2.24, 2.45) is 17.3 Å². The highest BCUT2D eigenvalue weighted by Crippen LogP contribution is 2.37. The maximum atomic E-state index is 11.9. The average molecular weight is 473 g/mol. The van der Waals surface area contributed by atoms with E-state index in [1.807, 2.05) is 18.2 Å². The highest BCUT2D eigenvalue weighted by molar-refractivity contribution is 5.88. The minimum atomic E-state index is -0.671. The van der Waals surface area contributed by atoms with E-state index in [4.69, 9.17) is 18.7 Å². The van der Waals surface area contributed by atoms with Crippen LogP contribution in [0.3, 0.4) is 0 Å². The Kier molecular flexibility index (Phi) is 7.25. The number of likely N-dealkylation sites (tertiary alicyclic amines) is 1. The molecule has 0 spiro atoms. The Bertz CT molecular complexity index is 957. The van der Waals surface area contributed by atoms with Crippen LogP contribution in [0.5, 0.6) is 11.6 Å². The fourth-order valence-corrected chi connectivity index (χ4v) is 5.30. The Morgan fingerprint density at radius 2 is 1.82 bits per heavy atom. The molecule has 3 fully saturated rings. The maximum absolute atomic E-state index is 11.9. The number of aliphatic carboxylic acids is 1. The van der Waals surface area contributed by atoms with Crippen LogP contribution in [0.25, 0.3) is 11.0 Å². The zero-order valence-corrected chi connectivity index (χ0v) is 19.9. The third kappa shape index (κ3) is 5.18. The number of carboxylic acid groups (broad SMARTS) is 1. The second-order valence-corrected chi connectivity index (χ2v) is 10.3. The van der Waals surface area contributed by atoms with E-state index in [0.29, 0.717) is 62.4 Å². The summed E-state index contributed by atoms with van der Waals surface area (Å²) >= 11 is 0. The summed E-state index contributed by atoms with van der Waals surface area (Å²) in [5.74, 6) is 1.74. The third-order valence-corrected chi connectivity index (χ3v) is 8.10. The molecule has 0 radical (unpaired) electrons. The quantitative estimate of drug-likeness (QED) is 0.545. The summed E-state index contributed by atoms with van der Waals surface area (Å²) in [5.41, 5.74) is 0.0707. The van der Waals surface area contributed by atoms with E-state index in [9.17, 15) is 9.90 Å². The standard InChI is InChI=1S/C26H36N2O6/c29-25(30)26(10-15-31-16-11-26)9-14-28-12-7-20(8-13-28)18-33-24-23-21(32-17-19-3-1-4-19)5-2-6-22(23)34-27-24/h2,5-6,19-20H,1,3-4,7-18H2,(H,29,30). The van der Waals surface area contributed by atoms with E-state index in [2.05, 4.69) is 10.1 Å². The maximum Gasteiger partial charge on any atom is 0.309 e. The van der Waals surface area contributed by atoms with Crippen molar-refractivity contribution < 1.29 is 28.6 Å². The summed E-state index contributed by atoms with van der Waals surface area (Å²) in [6, 6.07) is 5.79. The molecule has 0 unspecified atom stereocenters. The average Bonchev–Trinajstić information content (AvgIpc) is 3.25. The predicted octanol–water partition coefficient (Wildman–Crippen LogP) is 4.37. The van der Waals surface area contributed by atoms with E-state index in [-0.39, 0.29) is 0 Å².